The molecular weight excluding hydrogens is 392 g/mol. The number of carbonyl (C=O) groups is 1. The Hall–Kier alpha value is -3.23. The van der Waals surface area contributed by atoms with Gasteiger partial charge in [-0.25, -0.2) is 0 Å². The number of amides is 1. The highest BCUT2D eigenvalue weighted by Crippen LogP contribution is 2.32. The van der Waals surface area contributed by atoms with Crippen LogP contribution in [0.5, 0.6) is 5.75 Å². The predicted octanol–water partition coefficient (Wildman–Crippen LogP) is 5.28. The van der Waals surface area contributed by atoms with E-state index in [9.17, 15) is 4.79 Å². The molecule has 3 aromatic rings. The molecule has 1 heterocycles. The topological polar surface area (TPSA) is 32.8 Å². The molecule has 2 aromatic carbocycles. The van der Waals surface area contributed by atoms with E-state index in [1.807, 2.05) is 35.7 Å². The molecule has 0 atom stereocenters. The first-order valence-corrected chi connectivity index (χ1v) is 10.8. The first kappa shape index (κ1) is 21.5. The Morgan fingerprint density at radius 2 is 1.67 bits per heavy atom. The summed E-state index contributed by atoms with van der Waals surface area (Å²) in [5.41, 5.74) is 3.99. The van der Waals surface area contributed by atoms with Crippen LogP contribution in [0.25, 0.3) is 10.4 Å². The molecule has 3 rings (SSSR count). The van der Waals surface area contributed by atoms with Crippen LogP contribution in [0.3, 0.4) is 0 Å². The van der Waals surface area contributed by atoms with Crippen molar-refractivity contribution in [2.75, 3.05) is 37.0 Å². The van der Waals surface area contributed by atoms with Crippen molar-refractivity contribution in [3.63, 3.8) is 0 Å². The third kappa shape index (κ3) is 5.03. The molecule has 0 N–H and O–H groups in total. The molecule has 1 aromatic heterocycles. The fourth-order valence-electron chi connectivity index (χ4n) is 3.08. The number of hydrogen-bond acceptors (Lipinski definition) is 4. The molecule has 5 heteroatoms. The Morgan fingerprint density at radius 1 is 1.00 bits per heavy atom. The second-order valence-electron chi connectivity index (χ2n) is 6.73. The molecule has 4 nitrogen and oxygen atoms in total. The van der Waals surface area contributed by atoms with Crippen LogP contribution in [0.1, 0.15) is 19.4 Å². The SMILES string of the molecule is CCN(CC)c1ccc(-c2cc(N(C)C(=O)C#Cc3ccc(OC)cc3)cs2)cc1. The van der Waals surface area contributed by atoms with E-state index >= 15 is 0 Å². The quantitative estimate of drug-likeness (QED) is 0.510. The van der Waals surface area contributed by atoms with Gasteiger partial charge >= 0.3 is 5.91 Å². The maximum Gasteiger partial charge on any atom is 0.303 e. The van der Waals surface area contributed by atoms with E-state index in [4.69, 9.17) is 4.74 Å². The molecular formula is C25H26N2O2S. The summed E-state index contributed by atoms with van der Waals surface area (Å²) < 4.78 is 5.13. The molecule has 30 heavy (non-hydrogen) atoms. The van der Waals surface area contributed by atoms with Crippen molar-refractivity contribution in [3.05, 3.63) is 65.5 Å². The van der Waals surface area contributed by atoms with Gasteiger partial charge in [0.1, 0.15) is 5.75 Å². The minimum absolute atomic E-state index is 0.243. The number of benzene rings is 2. The van der Waals surface area contributed by atoms with Crippen molar-refractivity contribution in [2.45, 2.75) is 13.8 Å². The summed E-state index contributed by atoms with van der Waals surface area (Å²) in [6.45, 7) is 6.30. The third-order valence-corrected chi connectivity index (χ3v) is 5.93. The molecule has 0 aliphatic heterocycles. The maximum absolute atomic E-state index is 12.5. The van der Waals surface area contributed by atoms with Gasteiger partial charge in [0.05, 0.1) is 12.8 Å². The van der Waals surface area contributed by atoms with Gasteiger partial charge in [-0.3, -0.25) is 4.79 Å². The molecule has 0 saturated heterocycles. The van der Waals surface area contributed by atoms with Gasteiger partial charge in [0.2, 0.25) is 0 Å². The van der Waals surface area contributed by atoms with Crippen molar-refractivity contribution >= 4 is 28.6 Å². The summed E-state index contributed by atoms with van der Waals surface area (Å²) in [6.07, 6.45) is 0. The van der Waals surface area contributed by atoms with E-state index < -0.39 is 0 Å². The average molecular weight is 419 g/mol. The highest BCUT2D eigenvalue weighted by molar-refractivity contribution is 7.14. The van der Waals surface area contributed by atoms with Crippen molar-refractivity contribution < 1.29 is 9.53 Å². The zero-order chi connectivity index (χ0) is 21.5. The molecule has 0 aliphatic rings. The fourth-order valence-corrected chi connectivity index (χ4v) is 4.01. The van der Waals surface area contributed by atoms with Crippen LogP contribution in [-0.4, -0.2) is 33.2 Å². The zero-order valence-corrected chi connectivity index (χ0v) is 18.6. The number of carbonyl (C=O) groups excluding carboxylic acids is 1. The van der Waals surface area contributed by atoms with Gasteiger partial charge in [-0.2, -0.15) is 0 Å². The van der Waals surface area contributed by atoms with Crippen LogP contribution in [0, 0.1) is 11.8 Å². The van der Waals surface area contributed by atoms with Gasteiger partial charge < -0.3 is 14.5 Å². The van der Waals surface area contributed by atoms with Gasteiger partial charge in [0.15, 0.2) is 0 Å². The lowest BCUT2D eigenvalue weighted by Crippen LogP contribution is -2.23. The summed E-state index contributed by atoms with van der Waals surface area (Å²) in [6, 6.07) is 17.9. The summed E-state index contributed by atoms with van der Waals surface area (Å²) in [7, 11) is 3.37. The normalized spacial score (nSPS) is 10.1. The lowest BCUT2D eigenvalue weighted by molar-refractivity contribution is -0.113. The van der Waals surface area contributed by atoms with Crippen LogP contribution < -0.4 is 14.5 Å². The number of thiophene rings is 1. The first-order chi connectivity index (χ1) is 14.5. The van der Waals surface area contributed by atoms with Crippen molar-refractivity contribution in [1.29, 1.82) is 0 Å². The first-order valence-electron chi connectivity index (χ1n) is 9.93. The fraction of sp³-hybridized carbons (Fsp3) is 0.240. The minimum Gasteiger partial charge on any atom is -0.497 e. The summed E-state index contributed by atoms with van der Waals surface area (Å²) in [5.74, 6) is 6.15. The number of rotatable bonds is 6. The summed E-state index contributed by atoms with van der Waals surface area (Å²) in [5, 5.41) is 1.99. The van der Waals surface area contributed by atoms with Crippen LogP contribution in [0.4, 0.5) is 11.4 Å². The van der Waals surface area contributed by atoms with Crippen LogP contribution in [0.2, 0.25) is 0 Å². The molecule has 0 fully saturated rings. The smallest absolute Gasteiger partial charge is 0.303 e. The van der Waals surface area contributed by atoms with Gasteiger partial charge in [-0.1, -0.05) is 18.1 Å². The Morgan fingerprint density at radius 3 is 2.27 bits per heavy atom. The Bertz CT molecular complexity index is 1040. The number of nitrogens with zero attached hydrogens (tertiary/aromatic N) is 2. The molecule has 0 bridgehead atoms. The van der Waals surface area contributed by atoms with Gasteiger partial charge in [0.25, 0.3) is 0 Å². The number of anilines is 2. The Balaban J connectivity index is 1.70. The van der Waals surface area contributed by atoms with E-state index in [2.05, 4.69) is 54.9 Å². The standard InChI is InChI=1S/C25H26N2O2S/c1-5-27(6-2)21-12-10-20(11-13-21)24-17-22(18-30-24)26(3)25(28)16-9-19-7-14-23(29-4)15-8-19/h7-8,10-15,17-18H,5-6H2,1-4H3. The van der Waals surface area contributed by atoms with Crippen LogP contribution >= 0.6 is 11.3 Å². The molecule has 0 spiro atoms. The van der Waals surface area contributed by atoms with E-state index in [-0.39, 0.29) is 5.91 Å². The lowest BCUT2D eigenvalue weighted by Gasteiger charge is -2.21. The van der Waals surface area contributed by atoms with Crippen LogP contribution in [-0.2, 0) is 4.79 Å². The highest BCUT2D eigenvalue weighted by atomic mass is 32.1. The summed E-state index contributed by atoms with van der Waals surface area (Å²) in [4.78, 5) is 17.5. The Labute approximate surface area is 182 Å². The monoisotopic (exact) mass is 418 g/mol. The van der Waals surface area contributed by atoms with E-state index in [1.165, 1.54) is 5.69 Å². The van der Waals surface area contributed by atoms with E-state index in [0.717, 1.165) is 40.5 Å². The summed E-state index contributed by atoms with van der Waals surface area (Å²) >= 11 is 1.62. The third-order valence-electron chi connectivity index (χ3n) is 4.96. The predicted molar refractivity (Wildman–Crippen MR) is 127 cm³/mol. The number of hydrogen-bond donors (Lipinski definition) is 0. The minimum atomic E-state index is -0.243. The molecule has 0 aliphatic carbocycles. The number of methoxy groups -OCH3 is 1. The molecule has 1 amide bonds. The Kier molecular flexibility index (Phi) is 7.16. The van der Waals surface area contributed by atoms with Crippen molar-refractivity contribution in [1.82, 2.24) is 0 Å². The largest absolute Gasteiger partial charge is 0.497 e. The van der Waals surface area contributed by atoms with Crippen LogP contribution in [0.15, 0.2) is 60.0 Å². The van der Waals surface area contributed by atoms with E-state index in [1.54, 1.807) is 30.4 Å². The maximum atomic E-state index is 12.5. The molecule has 0 radical (unpaired) electrons. The number of ether oxygens (including phenoxy) is 1. The second-order valence-corrected chi connectivity index (χ2v) is 7.64. The van der Waals surface area contributed by atoms with Gasteiger partial charge in [-0.05, 0) is 61.9 Å². The van der Waals surface area contributed by atoms with Gasteiger partial charge in [0, 0.05) is 47.6 Å². The van der Waals surface area contributed by atoms with Crippen molar-refractivity contribution in [2.24, 2.45) is 0 Å². The van der Waals surface area contributed by atoms with Crippen molar-refractivity contribution in [3.8, 4) is 28.0 Å². The second kappa shape index (κ2) is 10.00. The average Bonchev–Trinajstić information content (AvgIpc) is 3.29. The molecule has 0 saturated carbocycles. The van der Waals surface area contributed by atoms with Gasteiger partial charge in [-0.15, -0.1) is 11.3 Å². The molecule has 154 valence electrons. The molecule has 0 unspecified atom stereocenters. The van der Waals surface area contributed by atoms with E-state index in [0.29, 0.717) is 0 Å². The zero-order valence-electron chi connectivity index (χ0n) is 17.8. The highest BCUT2D eigenvalue weighted by Gasteiger charge is 2.12. The lowest BCUT2D eigenvalue weighted by atomic mass is 10.1.